The van der Waals surface area contributed by atoms with Crippen LogP contribution in [0.4, 0.5) is 0 Å². The van der Waals surface area contributed by atoms with Crippen molar-refractivity contribution in [3.63, 3.8) is 0 Å². The van der Waals surface area contributed by atoms with Crippen LogP contribution < -0.4 is 0 Å². The molecule has 0 saturated carbocycles. The summed E-state index contributed by atoms with van der Waals surface area (Å²) in [4.78, 5) is 73.0. The van der Waals surface area contributed by atoms with Gasteiger partial charge < -0.3 is 33.8 Å². The first kappa shape index (κ1) is 98.1. The van der Waals surface area contributed by atoms with Gasteiger partial charge in [0.05, 0.1) is 26.4 Å². The highest BCUT2D eigenvalue weighted by Crippen LogP contribution is 2.45. The lowest BCUT2D eigenvalue weighted by molar-refractivity contribution is -0.161. The van der Waals surface area contributed by atoms with Gasteiger partial charge in [0.1, 0.15) is 19.3 Å². The SMILES string of the molecule is CCCCCCCCCCCCCCCCCCCCC(=O)OC[C@H](COP(=O)(O)OC[C@@H](O)COP(=O)(O)OC[C@@H](COC(=O)CCCCCCCCC(C)CC)OC(=O)CCCCCCCCCCCCCC(C)C)OC(=O)CCCCCCCCCCCCCCCCCCCC. The van der Waals surface area contributed by atoms with Crippen molar-refractivity contribution in [3.8, 4) is 0 Å². The van der Waals surface area contributed by atoms with Crippen molar-refractivity contribution < 1.29 is 80.2 Å². The van der Waals surface area contributed by atoms with E-state index in [1.54, 1.807) is 0 Å². The Morgan fingerprint density at radius 1 is 0.290 bits per heavy atom. The number of phosphoric acid groups is 2. The topological polar surface area (TPSA) is 237 Å². The summed E-state index contributed by atoms with van der Waals surface area (Å²) in [5.74, 6) is -0.613. The molecule has 0 aromatic rings. The third kappa shape index (κ3) is 73.0. The Kier molecular flexibility index (Phi) is 71.2. The van der Waals surface area contributed by atoms with E-state index in [1.165, 1.54) is 238 Å². The fourth-order valence-corrected chi connectivity index (χ4v) is 14.1. The van der Waals surface area contributed by atoms with E-state index in [4.69, 9.17) is 37.0 Å². The predicted octanol–water partition coefficient (Wildman–Crippen LogP) is 24.3. The highest BCUT2D eigenvalue weighted by atomic mass is 31.2. The third-order valence-corrected chi connectivity index (χ3v) is 21.2. The molecule has 0 bridgehead atoms. The van der Waals surface area contributed by atoms with Crippen LogP contribution >= 0.6 is 15.6 Å². The molecule has 3 unspecified atom stereocenters. The predicted molar refractivity (Wildman–Crippen MR) is 409 cm³/mol. The first-order chi connectivity index (χ1) is 48.4. The summed E-state index contributed by atoms with van der Waals surface area (Å²) < 4.78 is 68.7. The van der Waals surface area contributed by atoms with Gasteiger partial charge in [-0.25, -0.2) is 9.13 Å². The molecule has 17 nitrogen and oxygen atoms in total. The molecule has 19 heteroatoms. The number of hydrogen-bond donors (Lipinski definition) is 3. The second-order valence-corrected chi connectivity index (χ2v) is 32.8. The van der Waals surface area contributed by atoms with Crippen LogP contribution in [0.2, 0.25) is 0 Å². The summed E-state index contributed by atoms with van der Waals surface area (Å²) >= 11 is 0. The quantitative estimate of drug-likeness (QED) is 0.0222. The van der Waals surface area contributed by atoms with Crippen molar-refractivity contribution >= 4 is 39.5 Å². The second-order valence-electron chi connectivity index (χ2n) is 29.9. The number of unbranched alkanes of at least 4 members (excludes halogenated alkanes) is 49. The van der Waals surface area contributed by atoms with Crippen LogP contribution in [0.15, 0.2) is 0 Å². The van der Waals surface area contributed by atoms with Crippen LogP contribution in [0.3, 0.4) is 0 Å². The van der Waals surface area contributed by atoms with E-state index in [2.05, 4.69) is 41.5 Å². The van der Waals surface area contributed by atoms with Crippen molar-refractivity contribution in [1.82, 2.24) is 0 Å². The number of aliphatic hydroxyl groups is 1. The standard InChI is InChI=1S/C81H158O17P2/c1-7-10-12-14-16-18-20-22-24-26-28-30-32-36-40-44-51-57-63-78(83)91-69-76(97-80(85)65-59-53-45-41-37-33-31-29-27-25-23-21-19-17-15-13-11-8-2)71-95-99(87,88)93-67-75(82)68-94-100(89,90)96-72-77(70-92-79(84)64-58-52-48-47-50-56-62-74(6)9-3)98-81(86)66-60-54-46-42-38-34-35-39-43-49-55-61-73(4)5/h73-77,82H,7-72H2,1-6H3,(H,87,88)(H,89,90)/t74?,75-,76-,77-/m1/s1. The zero-order chi connectivity index (χ0) is 73.5. The maximum Gasteiger partial charge on any atom is 0.472 e. The Hall–Kier alpha value is -1.94. The van der Waals surface area contributed by atoms with E-state index in [-0.39, 0.29) is 25.7 Å². The largest absolute Gasteiger partial charge is 0.472 e. The minimum atomic E-state index is -4.96. The van der Waals surface area contributed by atoms with E-state index in [9.17, 15) is 43.2 Å². The van der Waals surface area contributed by atoms with Gasteiger partial charge in [0.25, 0.3) is 0 Å². The van der Waals surface area contributed by atoms with Gasteiger partial charge in [-0.3, -0.25) is 37.3 Å². The van der Waals surface area contributed by atoms with Crippen molar-refractivity contribution in [1.29, 1.82) is 0 Å². The zero-order valence-corrected chi connectivity index (χ0v) is 67.3. The Morgan fingerprint density at radius 3 is 0.760 bits per heavy atom. The summed E-state index contributed by atoms with van der Waals surface area (Å²) in [6.07, 6.45) is 62.5. The second kappa shape index (κ2) is 72.6. The lowest BCUT2D eigenvalue weighted by Crippen LogP contribution is -2.30. The van der Waals surface area contributed by atoms with Crippen LogP contribution in [0.25, 0.3) is 0 Å². The van der Waals surface area contributed by atoms with Crippen LogP contribution in [0, 0.1) is 11.8 Å². The van der Waals surface area contributed by atoms with Gasteiger partial charge >= 0.3 is 39.5 Å². The van der Waals surface area contributed by atoms with Gasteiger partial charge in [-0.2, -0.15) is 0 Å². The van der Waals surface area contributed by atoms with E-state index in [0.29, 0.717) is 25.7 Å². The first-order valence-corrected chi connectivity index (χ1v) is 45.0. The number of rotatable bonds is 80. The summed E-state index contributed by atoms with van der Waals surface area (Å²) in [7, 11) is -9.92. The molecule has 594 valence electrons. The Bertz CT molecular complexity index is 1930. The first-order valence-electron chi connectivity index (χ1n) is 42.0. The lowest BCUT2D eigenvalue weighted by Gasteiger charge is -2.21. The zero-order valence-electron chi connectivity index (χ0n) is 65.5. The highest BCUT2D eigenvalue weighted by molar-refractivity contribution is 7.47. The molecular weight excluding hydrogens is 1310 g/mol. The van der Waals surface area contributed by atoms with Crippen molar-refractivity contribution in [2.45, 2.75) is 445 Å². The average Bonchev–Trinajstić information content (AvgIpc) is 0.952. The number of aliphatic hydroxyl groups excluding tert-OH is 1. The molecular formula is C81H158O17P2. The molecule has 0 rings (SSSR count). The number of hydrogen-bond acceptors (Lipinski definition) is 15. The van der Waals surface area contributed by atoms with E-state index >= 15 is 0 Å². The number of phosphoric ester groups is 2. The molecule has 100 heavy (non-hydrogen) atoms. The van der Waals surface area contributed by atoms with Gasteiger partial charge in [0, 0.05) is 25.7 Å². The molecule has 0 saturated heterocycles. The molecule has 0 radical (unpaired) electrons. The smallest absolute Gasteiger partial charge is 0.462 e. The Labute approximate surface area is 613 Å². The fourth-order valence-electron chi connectivity index (χ4n) is 12.5. The van der Waals surface area contributed by atoms with Gasteiger partial charge in [-0.15, -0.1) is 0 Å². The van der Waals surface area contributed by atoms with Crippen LogP contribution in [-0.2, 0) is 65.4 Å². The molecule has 3 N–H and O–H groups in total. The van der Waals surface area contributed by atoms with Crippen LogP contribution in [0.1, 0.15) is 427 Å². The van der Waals surface area contributed by atoms with Gasteiger partial charge in [-0.05, 0) is 37.5 Å². The minimum absolute atomic E-state index is 0.106. The summed E-state index contributed by atoms with van der Waals surface area (Å²) in [6.45, 7) is 9.60. The summed E-state index contributed by atoms with van der Waals surface area (Å²) in [5.41, 5.74) is 0. The maximum atomic E-state index is 13.1. The number of ether oxygens (including phenoxy) is 4. The summed E-state index contributed by atoms with van der Waals surface area (Å²) in [6, 6.07) is 0. The normalized spacial score (nSPS) is 14.2. The number of esters is 4. The van der Waals surface area contributed by atoms with E-state index in [0.717, 1.165) is 108 Å². The van der Waals surface area contributed by atoms with Crippen molar-refractivity contribution in [3.05, 3.63) is 0 Å². The lowest BCUT2D eigenvalue weighted by atomic mass is 10.00. The molecule has 0 aliphatic carbocycles. The van der Waals surface area contributed by atoms with Crippen molar-refractivity contribution in [2.24, 2.45) is 11.8 Å². The Balaban J connectivity index is 5.24. The molecule has 0 amide bonds. The van der Waals surface area contributed by atoms with Gasteiger partial charge in [0.15, 0.2) is 12.2 Å². The molecule has 0 spiro atoms. The maximum absolute atomic E-state index is 13.1. The van der Waals surface area contributed by atoms with Crippen molar-refractivity contribution in [2.75, 3.05) is 39.6 Å². The van der Waals surface area contributed by atoms with E-state index in [1.807, 2.05) is 0 Å². The average molecular weight is 1470 g/mol. The molecule has 0 fully saturated rings. The third-order valence-electron chi connectivity index (χ3n) is 19.3. The molecule has 0 heterocycles. The number of carbonyl (C=O) groups is 4. The van der Waals surface area contributed by atoms with E-state index < -0.39 is 97.5 Å². The van der Waals surface area contributed by atoms with Crippen LogP contribution in [0.5, 0.6) is 0 Å². The van der Waals surface area contributed by atoms with Gasteiger partial charge in [0.2, 0.25) is 0 Å². The summed E-state index contributed by atoms with van der Waals surface area (Å²) in [5, 5.41) is 10.6. The molecule has 0 aliphatic heterocycles. The molecule has 0 aliphatic rings. The van der Waals surface area contributed by atoms with Crippen LogP contribution in [-0.4, -0.2) is 96.7 Å². The monoisotopic (exact) mass is 1470 g/mol. The van der Waals surface area contributed by atoms with Gasteiger partial charge in [-0.1, -0.05) is 375 Å². The Morgan fingerprint density at radius 2 is 0.510 bits per heavy atom. The molecule has 0 aromatic carbocycles. The highest BCUT2D eigenvalue weighted by Gasteiger charge is 2.30. The fraction of sp³-hybridized carbons (Fsp3) is 0.951. The minimum Gasteiger partial charge on any atom is -0.462 e. The number of carbonyl (C=O) groups excluding carboxylic acids is 4. The molecule has 6 atom stereocenters. The molecule has 0 aromatic heterocycles.